The first kappa shape index (κ1) is 12.6. The summed E-state index contributed by atoms with van der Waals surface area (Å²) in [7, 11) is 0. The van der Waals surface area contributed by atoms with E-state index in [1.54, 1.807) is 0 Å². The molecule has 1 unspecified atom stereocenters. The lowest BCUT2D eigenvalue weighted by molar-refractivity contribution is -0.894. The van der Waals surface area contributed by atoms with Crippen LogP contribution in [0.25, 0.3) is 0 Å². The van der Waals surface area contributed by atoms with E-state index < -0.39 is 0 Å². The Morgan fingerprint density at radius 2 is 1.94 bits per heavy atom. The summed E-state index contributed by atoms with van der Waals surface area (Å²) in [6.07, 6.45) is 0.871. The largest absolute Gasteiger partial charge is 0.633 e. The van der Waals surface area contributed by atoms with Gasteiger partial charge in [0.05, 0.1) is 6.54 Å². The molecule has 94 valence electrons. The Bertz CT molecular complexity index is 358. The fraction of sp³-hybridized carbons (Fsp3) is 0.571. The molecule has 1 fully saturated rings. The van der Waals surface area contributed by atoms with E-state index in [0.29, 0.717) is 5.06 Å². The predicted molar refractivity (Wildman–Crippen MR) is 69.5 cm³/mol. The van der Waals surface area contributed by atoms with Gasteiger partial charge in [-0.3, -0.25) is 5.32 Å². The van der Waals surface area contributed by atoms with Crippen molar-refractivity contribution >= 4 is 0 Å². The van der Waals surface area contributed by atoms with Gasteiger partial charge < -0.3 is 10.3 Å². The number of hydroxylamine groups is 2. The van der Waals surface area contributed by atoms with Crippen LogP contribution in [-0.2, 0) is 6.42 Å². The molecule has 1 heterocycles. The van der Waals surface area contributed by atoms with E-state index in [4.69, 9.17) is 0 Å². The molecule has 0 radical (unpaired) electrons. The topological polar surface area (TPSA) is 39.5 Å². The van der Waals surface area contributed by atoms with Crippen molar-refractivity contribution in [2.75, 3.05) is 6.54 Å². The van der Waals surface area contributed by atoms with Crippen LogP contribution in [0, 0.1) is 10.6 Å². The molecule has 0 amide bonds. The normalized spacial score (nSPS) is 29.5. The van der Waals surface area contributed by atoms with Crippen LogP contribution in [0.15, 0.2) is 30.3 Å². The van der Waals surface area contributed by atoms with Crippen molar-refractivity contribution in [1.29, 1.82) is 0 Å². The molecule has 0 spiro atoms. The third kappa shape index (κ3) is 2.86. The van der Waals surface area contributed by atoms with Crippen LogP contribution in [0.3, 0.4) is 0 Å². The van der Waals surface area contributed by atoms with Gasteiger partial charge in [0.1, 0.15) is 12.2 Å². The van der Waals surface area contributed by atoms with Crippen LogP contribution in [0.5, 0.6) is 0 Å². The molecule has 2 N–H and O–H groups in total. The maximum Gasteiger partial charge on any atom is 0.146 e. The summed E-state index contributed by atoms with van der Waals surface area (Å²) in [5, 5.41) is 16.0. The van der Waals surface area contributed by atoms with Crippen molar-refractivity contribution in [3.05, 3.63) is 41.1 Å². The van der Waals surface area contributed by atoms with Gasteiger partial charge >= 0.3 is 0 Å². The lowest BCUT2D eigenvalue weighted by Gasteiger charge is -2.36. The van der Waals surface area contributed by atoms with Crippen molar-refractivity contribution in [2.24, 2.45) is 5.41 Å². The van der Waals surface area contributed by atoms with Gasteiger partial charge in [0.2, 0.25) is 0 Å². The molecular formula is C14H22N2O. The zero-order chi connectivity index (χ0) is 12.5. The molecule has 17 heavy (non-hydrogen) atoms. The van der Waals surface area contributed by atoms with E-state index >= 15 is 0 Å². The summed E-state index contributed by atoms with van der Waals surface area (Å²) in [5.74, 6) is 0. The van der Waals surface area contributed by atoms with E-state index in [1.807, 2.05) is 18.2 Å². The number of benzene rings is 1. The van der Waals surface area contributed by atoms with Crippen molar-refractivity contribution in [3.63, 3.8) is 0 Å². The highest BCUT2D eigenvalue weighted by molar-refractivity contribution is 5.15. The van der Waals surface area contributed by atoms with Crippen molar-refractivity contribution in [1.82, 2.24) is 5.32 Å². The lowest BCUT2D eigenvalue weighted by atomic mass is 9.92. The summed E-state index contributed by atoms with van der Waals surface area (Å²) >= 11 is 0. The fourth-order valence-corrected chi connectivity index (χ4v) is 2.50. The smallest absolute Gasteiger partial charge is 0.146 e. The zero-order valence-electron chi connectivity index (χ0n) is 10.9. The Labute approximate surface area is 103 Å². The molecule has 0 saturated carbocycles. The molecule has 0 bridgehead atoms. The third-order valence-electron chi connectivity index (χ3n) is 3.45. The van der Waals surface area contributed by atoms with Crippen LogP contribution in [0.1, 0.15) is 26.3 Å². The quantitative estimate of drug-likeness (QED) is 0.748. The molecule has 1 saturated heterocycles. The van der Waals surface area contributed by atoms with Crippen molar-refractivity contribution < 1.29 is 5.06 Å². The first-order chi connectivity index (χ1) is 7.98. The van der Waals surface area contributed by atoms with Gasteiger partial charge in [-0.05, 0) is 5.56 Å². The van der Waals surface area contributed by atoms with Crippen LogP contribution in [0.2, 0.25) is 0 Å². The Hall–Kier alpha value is -0.900. The fourth-order valence-electron chi connectivity index (χ4n) is 2.50. The van der Waals surface area contributed by atoms with Crippen molar-refractivity contribution in [3.8, 4) is 0 Å². The SMILES string of the molecule is CC(C)(C)[C@H]1NC[C@H](Cc2ccccc2)[NH+]1[O-]. The van der Waals surface area contributed by atoms with Crippen molar-refractivity contribution in [2.45, 2.75) is 39.4 Å². The van der Waals surface area contributed by atoms with Gasteiger partial charge in [-0.15, -0.1) is 0 Å². The highest BCUT2D eigenvalue weighted by atomic mass is 16.5. The molecule has 3 heteroatoms. The minimum atomic E-state index is 0.0104. The molecule has 1 aromatic carbocycles. The third-order valence-corrected chi connectivity index (χ3v) is 3.45. The summed E-state index contributed by atoms with van der Waals surface area (Å²) in [5.41, 5.74) is 1.27. The predicted octanol–water partition coefficient (Wildman–Crippen LogP) is 0.956. The van der Waals surface area contributed by atoms with Crippen LogP contribution < -0.4 is 10.4 Å². The van der Waals surface area contributed by atoms with Crippen LogP contribution in [-0.4, -0.2) is 18.8 Å². The van der Waals surface area contributed by atoms with Gasteiger partial charge in [-0.2, -0.15) is 0 Å². The van der Waals surface area contributed by atoms with E-state index in [9.17, 15) is 5.21 Å². The molecular weight excluding hydrogens is 212 g/mol. The highest BCUT2D eigenvalue weighted by Gasteiger charge is 2.39. The maximum atomic E-state index is 12.3. The van der Waals surface area contributed by atoms with Gasteiger partial charge in [0, 0.05) is 11.8 Å². The Kier molecular flexibility index (Phi) is 3.52. The monoisotopic (exact) mass is 234 g/mol. The van der Waals surface area contributed by atoms with Gasteiger partial charge in [-0.1, -0.05) is 51.1 Å². The molecule has 1 aliphatic rings. The number of rotatable bonds is 2. The Balaban J connectivity index is 2.01. The Morgan fingerprint density at radius 3 is 2.47 bits per heavy atom. The van der Waals surface area contributed by atoms with Gasteiger partial charge in [0.25, 0.3) is 0 Å². The number of hydrogen-bond donors (Lipinski definition) is 2. The molecule has 0 aromatic heterocycles. The molecule has 1 aliphatic heterocycles. The number of nitrogens with one attached hydrogen (secondary N) is 2. The van der Waals surface area contributed by atoms with E-state index in [0.717, 1.165) is 13.0 Å². The average Bonchev–Trinajstić information content (AvgIpc) is 2.61. The summed E-state index contributed by atoms with van der Waals surface area (Å²) in [4.78, 5) is 0. The second-order valence-electron chi connectivity index (χ2n) is 6.00. The van der Waals surface area contributed by atoms with Crippen LogP contribution in [0.4, 0.5) is 0 Å². The molecule has 3 nitrogen and oxygen atoms in total. The van der Waals surface area contributed by atoms with Gasteiger partial charge in [0.15, 0.2) is 0 Å². The average molecular weight is 234 g/mol. The van der Waals surface area contributed by atoms with E-state index in [2.05, 4.69) is 38.2 Å². The summed E-state index contributed by atoms with van der Waals surface area (Å²) in [6.45, 7) is 7.17. The molecule has 0 aliphatic carbocycles. The minimum Gasteiger partial charge on any atom is -0.633 e. The highest BCUT2D eigenvalue weighted by Crippen LogP contribution is 2.18. The summed E-state index contributed by atoms with van der Waals surface area (Å²) < 4.78 is 0. The maximum absolute atomic E-state index is 12.3. The first-order valence-electron chi connectivity index (χ1n) is 6.29. The standard InChI is InChI=1S/C14H22N2O/c1-14(2,3)13-15-10-12(16(13)17)9-11-7-5-4-6-8-11/h4-8,12-13,15-16H,9-10H2,1-3H3/t12-,13-/m0/s1. The van der Waals surface area contributed by atoms with Gasteiger partial charge in [-0.25, -0.2) is 0 Å². The minimum absolute atomic E-state index is 0.0104. The molecule has 1 aromatic rings. The number of hydrogen-bond acceptors (Lipinski definition) is 2. The number of quaternary nitrogens is 1. The Morgan fingerprint density at radius 1 is 1.29 bits per heavy atom. The molecule has 3 atom stereocenters. The second-order valence-corrected chi connectivity index (χ2v) is 6.00. The summed E-state index contributed by atoms with van der Waals surface area (Å²) in [6, 6.07) is 10.4. The zero-order valence-corrected chi connectivity index (χ0v) is 10.9. The van der Waals surface area contributed by atoms with E-state index in [1.165, 1.54) is 5.56 Å². The first-order valence-corrected chi connectivity index (χ1v) is 6.29. The van der Waals surface area contributed by atoms with Crippen LogP contribution >= 0.6 is 0 Å². The molecule has 2 rings (SSSR count). The second kappa shape index (κ2) is 4.77. The van der Waals surface area contributed by atoms with E-state index in [-0.39, 0.29) is 17.6 Å². The lowest BCUT2D eigenvalue weighted by Crippen LogP contribution is -3.15.